The summed E-state index contributed by atoms with van der Waals surface area (Å²) in [6.07, 6.45) is 0. The van der Waals surface area contributed by atoms with E-state index >= 15 is 0 Å². The van der Waals surface area contributed by atoms with E-state index < -0.39 is 5.76 Å². The zero-order valence-electron chi connectivity index (χ0n) is 20.1. The molecule has 4 aromatic heterocycles. The number of nitrogens with one attached hydrogen (secondary N) is 1. The van der Waals surface area contributed by atoms with Crippen molar-refractivity contribution < 1.29 is 18.2 Å². The van der Waals surface area contributed by atoms with E-state index in [2.05, 4.69) is 15.5 Å². The second-order valence-electron chi connectivity index (χ2n) is 8.79. The fourth-order valence-corrected chi connectivity index (χ4v) is 4.15. The van der Waals surface area contributed by atoms with Crippen LogP contribution in [0.3, 0.4) is 0 Å². The highest BCUT2D eigenvalue weighted by Gasteiger charge is 2.21. The van der Waals surface area contributed by atoms with Crippen LogP contribution in [0.15, 0.2) is 48.5 Å². The predicted octanol–water partition coefficient (Wildman–Crippen LogP) is 4.13. The maximum absolute atomic E-state index is 13.5. The molecular formula is C25H25N5O5. The van der Waals surface area contributed by atoms with Gasteiger partial charge in [0.2, 0.25) is 0 Å². The number of carbonyl (C=O) groups excluding carboxylic acids is 1. The van der Waals surface area contributed by atoms with Crippen LogP contribution in [0, 0.1) is 20.8 Å². The molecule has 10 heteroatoms. The van der Waals surface area contributed by atoms with Crippen molar-refractivity contribution in [3.05, 3.63) is 63.7 Å². The number of pyridine rings is 1. The highest BCUT2D eigenvalue weighted by atomic mass is 16.5. The lowest BCUT2D eigenvalue weighted by Crippen LogP contribution is -2.23. The Kier molecular flexibility index (Phi) is 5.52. The Morgan fingerprint density at radius 3 is 2.63 bits per heavy atom. The van der Waals surface area contributed by atoms with Gasteiger partial charge in [-0.1, -0.05) is 5.16 Å². The second kappa shape index (κ2) is 8.55. The first-order valence-corrected chi connectivity index (χ1v) is 11.1. The van der Waals surface area contributed by atoms with Gasteiger partial charge in [-0.2, -0.15) is 0 Å². The number of fused-ring (bicyclic) bond motifs is 2. The lowest BCUT2D eigenvalue weighted by atomic mass is 10.1. The molecule has 10 nitrogen and oxygen atoms in total. The minimum atomic E-state index is -0.434. The summed E-state index contributed by atoms with van der Waals surface area (Å²) >= 11 is 0. The predicted molar refractivity (Wildman–Crippen MR) is 131 cm³/mol. The number of furan rings is 1. The Labute approximate surface area is 200 Å². The van der Waals surface area contributed by atoms with Gasteiger partial charge in [-0.15, -0.1) is 0 Å². The molecule has 0 fully saturated rings. The van der Waals surface area contributed by atoms with E-state index in [0.717, 1.165) is 11.3 Å². The normalized spacial score (nSPS) is 11.7. The Balaban J connectivity index is 1.54. The van der Waals surface area contributed by atoms with Crippen molar-refractivity contribution in [3.63, 3.8) is 0 Å². The molecular weight excluding hydrogens is 450 g/mol. The Hall–Kier alpha value is -4.18. The van der Waals surface area contributed by atoms with Crippen LogP contribution in [-0.4, -0.2) is 46.2 Å². The highest BCUT2D eigenvalue weighted by molar-refractivity contribution is 6.13. The molecule has 0 saturated carbocycles. The molecule has 4 heterocycles. The van der Waals surface area contributed by atoms with Crippen LogP contribution in [0.4, 0.5) is 5.69 Å². The highest BCUT2D eigenvalue weighted by Crippen LogP contribution is 2.31. The molecule has 0 unspecified atom stereocenters. The SMILES string of the molecule is Cc1cc(-c2cc(C(=O)Nc3ccc4oc(=O)n(CCN(C)C)c4c3)c3c(C)noc3n2)c(C)o1. The smallest absolute Gasteiger partial charge is 0.419 e. The molecule has 0 radical (unpaired) electrons. The van der Waals surface area contributed by atoms with Crippen LogP contribution in [0.2, 0.25) is 0 Å². The third kappa shape index (κ3) is 4.12. The number of amides is 1. The first-order chi connectivity index (χ1) is 16.7. The van der Waals surface area contributed by atoms with Crippen molar-refractivity contribution in [1.29, 1.82) is 0 Å². The lowest BCUT2D eigenvalue weighted by Gasteiger charge is -2.10. The number of anilines is 1. The molecule has 0 bridgehead atoms. The Bertz CT molecular complexity index is 1640. The summed E-state index contributed by atoms with van der Waals surface area (Å²) in [5.74, 6) is 0.649. The van der Waals surface area contributed by atoms with Crippen LogP contribution >= 0.6 is 0 Å². The van der Waals surface area contributed by atoms with Gasteiger partial charge in [0.15, 0.2) is 5.58 Å². The summed E-state index contributed by atoms with van der Waals surface area (Å²) in [6.45, 7) is 6.59. The number of rotatable bonds is 6. The molecule has 0 aliphatic carbocycles. The van der Waals surface area contributed by atoms with Gasteiger partial charge in [-0.05, 0) is 65.2 Å². The molecule has 0 aliphatic rings. The van der Waals surface area contributed by atoms with Gasteiger partial charge in [0.05, 0.1) is 27.9 Å². The quantitative estimate of drug-likeness (QED) is 0.389. The number of nitrogens with zero attached hydrogens (tertiary/aromatic N) is 4. The summed E-state index contributed by atoms with van der Waals surface area (Å²) in [5.41, 5.74) is 4.13. The number of benzene rings is 1. The molecule has 1 N–H and O–H groups in total. The first-order valence-electron chi connectivity index (χ1n) is 11.1. The van der Waals surface area contributed by atoms with E-state index in [4.69, 9.17) is 13.4 Å². The third-order valence-corrected chi connectivity index (χ3v) is 5.87. The van der Waals surface area contributed by atoms with Crippen molar-refractivity contribution in [1.82, 2.24) is 19.6 Å². The average Bonchev–Trinajstić information content (AvgIpc) is 3.45. The number of likely N-dealkylation sites (N-methyl/N-ethyl adjacent to an activating group) is 1. The van der Waals surface area contributed by atoms with Crippen LogP contribution in [0.5, 0.6) is 0 Å². The van der Waals surface area contributed by atoms with Crippen molar-refractivity contribution in [3.8, 4) is 11.3 Å². The molecule has 0 atom stereocenters. The van der Waals surface area contributed by atoms with E-state index in [-0.39, 0.29) is 11.6 Å². The van der Waals surface area contributed by atoms with Gasteiger partial charge in [0.25, 0.3) is 11.6 Å². The fourth-order valence-electron chi connectivity index (χ4n) is 4.15. The van der Waals surface area contributed by atoms with Crippen molar-refractivity contribution in [2.75, 3.05) is 26.0 Å². The number of carbonyl (C=O) groups is 1. The molecule has 1 amide bonds. The van der Waals surface area contributed by atoms with E-state index in [1.807, 2.05) is 38.9 Å². The summed E-state index contributed by atoms with van der Waals surface area (Å²) < 4.78 is 18.0. The lowest BCUT2D eigenvalue weighted by molar-refractivity contribution is 0.102. The van der Waals surface area contributed by atoms with Crippen molar-refractivity contribution >= 4 is 33.8 Å². The minimum absolute atomic E-state index is 0.270. The average molecular weight is 476 g/mol. The van der Waals surface area contributed by atoms with Crippen LogP contribution in [0.1, 0.15) is 27.6 Å². The van der Waals surface area contributed by atoms with Crippen LogP contribution < -0.4 is 11.1 Å². The van der Waals surface area contributed by atoms with E-state index in [0.29, 0.717) is 58.0 Å². The Morgan fingerprint density at radius 2 is 1.91 bits per heavy atom. The second-order valence-corrected chi connectivity index (χ2v) is 8.79. The van der Waals surface area contributed by atoms with Crippen LogP contribution in [-0.2, 0) is 6.54 Å². The largest absolute Gasteiger partial charge is 0.466 e. The van der Waals surface area contributed by atoms with Crippen molar-refractivity contribution in [2.24, 2.45) is 0 Å². The summed E-state index contributed by atoms with van der Waals surface area (Å²) in [7, 11) is 3.86. The minimum Gasteiger partial charge on any atom is -0.466 e. The molecule has 0 spiro atoms. The molecule has 180 valence electrons. The standard InChI is InChI=1S/C25H25N5O5/c1-13-10-17(15(3)33-13)19-12-18(22-14(2)28-35-24(22)27-19)23(31)26-16-6-7-21-20(11-16)30(25(32)34-21)9-8-29(4)5/h6-7,10-12H,8-9H2,1-5H3,(H,26,31). The molecule has 5 aromatic rings. The number of aromatic nitrogens is 3. The van der Waals surface area contributed by atoms with Gasteiger partial charge in [-0.25, -0.2) is 9.78 Å². The molecule has 0 aliphatic heterocycles. The molecule has 35 heavy (non-hydrogen) atoms. The van der Waals surface area contributed by atoms with E-state index in [1.54, 1.807) is 35.8 Å². The van der Waals surface area contributed by atoms with Gasteiger partial charge >= 0.3 is 5.76 Å². The van der Waals surface area contributed by atoms with Gasteiger partial charge < -0.3 is 23.6 Å². The maximum atomic E-state index is 13.5. The maximum Gasteiger partial charge on any atom is 0.419 e. The fraction of sp³-hybridized carbons (Fsp3) is 0.280. The van der Waals surface area contributed by atoms with E-state index in [1.165, 1.54) is 0 Å². The number of hydrogen-bond acceptors (Lipinski definition) is 8. The number of oxazole rings is 1. The molecule has 1 aromatic carbocycles. The van der Waals surface area contributed by atoms with Crippen molar-refractivity contribution in [2.45, 2.75) is 27.3 Å². The van der Waals surface area contributed by atoms with Gasteiger partial charge in [-0.3, -0.25) is 9.36 Å². The van der Waals surface area contributed by atoms with E-state index in [9.17, 15) is 9.59 Å². The zero-order valence-corrected chi connectivity index (χ0v) is 20.1. The summed E-state index contributed by atoms with van der Waals surface area (Å²) in [6, 6.07) is 8.69. The molecule has 5 rings (SSSR count). The Morgan fingerprint density at radius 1 is 1.11 bits per heavy atom. The third-order valence-electron chi connectivity index (χ3n) is 5.87. The summed E-state index contributed by atoms with van der Waals surface area (Å²) in [4.78, 5) is 32.3. The number of aryl methyl sites for hydroxylation is 3. The zero-order chi connectivity index (χ0) is 24.9. The van der Waals surface area contributed by atoms with Gasteiger partial charge in [0, 0.05) is 24.3 Å². The first kappa shape index (κ1) is 22.6. The summed E-state index contributed by atoms with van der Waals surface area (Å²) in [5, 5.41) is 7.47. The molecule has 0 saturated heterocycles. The van der Waals surface area contributed by atoms with Crippen LogP contribution in [0.25, 0.3) is 33.5 Å². The monoisotopic (exact) mass is 475 g/mol. The van der Waals surface area contributed by atoms with Gasteiger partial charge in [0.1, 0.15) is 11.5 Å². The topological polar surface area (TPSA) is 120 Å². The number of hydrogen-bond donors (Lipinski definition) is 1.